The average Bonchev–Trinajstić information content (AvgIpc) is 2.69. The summed E-state index contributed by atoms with van der Waals surface area (Å²) < 4.78 is 7.50. The molecule has 14 heavy (non-hydrogen) atoms. The van der Waals surface area contributed by atoms with Gasteiger partial charge in [0.05, 0.1) is 0 Å². The fraction of sp³-hybridized carbons (Fsp3) is 0.455. The number of aromatic nitrogens is 1. The monoisotopic (exact) mass is 190 g/mol. The van der Waals surface area contributed by atoms with Gasteiger partial charge in [0.25, 0.3) is 0 Å². The second-order valence-electron chi connectivity index (χ2n) is 3.42. The Morgan fingerprint density at radius 1 is 1.57 bits per heavy atom. The van der Waals surface area contributed by atoms with Gasteiger partial charge in [0.15, 0.2) is 0 Å². The topological polar surface area (TPSA) is 36.0 Å². The molecule has 0 N–H and O–H groups in total. The molecule has 1 aliphatic heterocycles. The van der Waals surface area contributed by atoms with Crippen molar-refractivity contribution >= 4 is 0 Å². The zero-order chi connectivity index (χ0) is 10.4. The average molecular weight is 190 g/mol. The first-order chi connectivity index (χ1) is 6.88. The molecule has 0 bridgehead atoms. The van der Waals surface area contributed by atoms with E-state index < -0.39 is 0 Å². The van der Waals surface area contributed by atoms with Gasteiger partial charge in [-0.2, -0.15) is 0 Å². The van der Waals surface area contributed by atoms with E-state index in [9.17, 15) is 0 Å². The van der Waals surface area contributed by atoms with Crippen LogP contribution in [0.1, 0.15) is 24.4 Å². The summed E-state index contributed by atoms with van der Waals surface area (Å²) in [5, 5.41) is 0. The maximum absolute atomic E-state index is 7.50. The second kappa shape index (κ2) is 5.55. The van der Waals surface area contributed by atoms with Crippen molar-refractivity contribution in [2.45, 2.75) is 18.9 Å². The quantitative estimate of drug-likeness (QED) is 0.500. The predicted molar refractivity (Wildman–Crippen MR) is 52.8 cm³/mol. The molecule has 1 aliphatic rings. The Kier molecular flexibility index (Phi) is 4.33. The van der Waals surface area contributed by atoms with E-state index >= 15 is 0 Å². The van der Waals surface area contributed by atoms with Crippen molar-refractivity contribution in [3.8, 4) is 0 Å². The summed E-state index contributed by atoms with van der Waals surface area (Å²) in [5.74, 6) is 0. The molecule has 3 nitrogen and oxygen atoms in total. The number of pyridine rings is 1. The van der Waals surface area contributed by atoms with Crippen molar-refractivity contribution in [2.24, 2.45) is 0 Å². The van der Waals surface area contributed by atoms with Gasteiger partial charge in [-0.3, -0.25) is 9.88 Å². The number of hydrogen-bond donors (Lipinski definition) is 0. The van der Waals surface area contributed by atoms with Crippen LogP contribution in [-0.4, -0.2) is 23.5 Å². The molecule has 74 valence electrons. The summed E-state index contributed by atoms with van der Waals surface area (Å²) in [6, 6.07) is 4.79. The minimum atomic E-state index is 0.610. The van der Waals surface area contributed by atoms with E-state index in [0.717, 1.165) is 0 Å². The van der Waals surface area contributed by atoms with Gasteiger partial charge in [-0.25, -0.2) is 0 Å². The summed E-state index contributed by atoms with van der Waals surface area (Å²) in [5.41, 5.74) is 1.36. The van der Waals surface area contributed by atoms with Crippen LogP contribution in [0.25, 0.3) is 0 Å². The number of likely N-dealkylation sites (tertiary alicyclic amines) is 1. The van der Waals surface area contributed by atoms with Crippen LogP contribution in [0.5, 0.6) is 0 Å². The van der Waals surface area contributed by atoms with Crippen LogP contribution in [0.4, 0.5) is 0 Å². The third-order valence-electron chi connectivity index (χ3n) is 2.59. The van der Waals surface area contributed by atoms with Gasteiger partial charge in [-0.05, 0) is 38.1 Å². The number of rotatable bonds is 1. The van der Waals surface area contributed by atoms with Crippen LogP contribution < -0.4 is 0 Å². The molecule has 0 saturated carbocycles. The van der Waals surface area contributed by atoms with Crippen LogP contribution in [-0.2, 0) is 4.65 Å². The molecule has 0 aliphatic carbocycles. The second-order valence-corrected chi connectivity index (χ2v) is 3.42. The van der Waals surface area contributed by atoms with Gasteiger partial charge in [-0.15, -0.1) is 0 Å². The molecular formula is C11H14N2O. The molecule has 0 radical (unpaired) electrons. The zero-order valence-electron chi connectivity index (χ0n) is 8.31. The van der Waals surface area contributed by atoms with Crippen LogP contribution in [0.2, 0.25) is 0 Å². The predicted octanol–water partition coefficient (Wildman–Crippen LogP) is 1.81. The molecule has 0 amide bonds. The van der Waals surface area contributed by atoms with E-state index in [4.69, 9.17) is 4.65 Å². The van der Waals surface area contributed by atoms with E-state index in [2.05, 4.69) is 29.6 Å². The summed E-state index contributed by atoms with van der Waals surface area (Å²) in [6.45, 7) is 5.72. The molecule has 2 heterocycles. The van der Waals surface area contributed by atoms with E-state index in [-0.39, 0.29) is 0 Å². The number of hydrogen-bond acceptors (Lipinski definition) is 2. The Hall–Kier alpha value is -1.15. The van der Waals surface area contributed by atoms with Crippen molar-refractivity contribution in [1.82, 2.24) is 9.88 Å². The summed E-state index contributed by atoms with van der Waals surface area (Å²) in [4.78, 5) is 6.54. The van der Waals surface area contributed by atoms with Crippen molar-refractivity contribution < 1.29 is 4.65 Å². The fourth-order valence-electron chi connectivity index (χ4n) is 1.90. The Morgan fingerprint density at radius 2 is 2.36 bits per heavy atom. The standard InChI is InChI=1S/C10H14N2.CO/c1-12-7-3-5-10(12)9-4-2-6-11-8-9;1-2/h2,4,6,8,10H,3,5,7H2,1H3;/t10-;/m0./s1. The van der Waals surface area contributed by atoms with Crippen LogP contribution in [0, 0.1) is 6.65 Å². The first-order valence-corrected chi connectivity index (χ1v) is 4.68. The normalized spacial score (nSPS) is 21.2. The minimum absolute atomic E-state index is 0.610. The third-order valence-corrected chi connectivity index (χ3v) is 2.59. The van der Waals surface area contributed by atoms with Gasteiger partial charge in [-0.1, -0.05) is 6.07 Å². The first-order valence-electron chi connectivity index (χ1n) is 4.68. The Balaban J connectivity index is 0.000000461. The van der Waals surface area contributed by atoms with Gasteiger partial charge < -0.3 is 0 Å². The van der Waals surface area contributed by atoms with E-state index in [1.165, 1.54) is 24.9 Å². The number of nitrogens with zero attached hydrogens (tertiary/aromatic N) is 2. The van der Waals surface area contributed by atoms with E-state index in [1.54, 1.807) is 0 Å². The molecule has 1 aromatic rings. The molecule has 1 aromatic heterocycles. The molecule has 0 aromatic carbocycles. The summed E-state index contributed by atoms with van der Waals surface area (Å²) in [6.07, 6.45) is 6.41. The van der Waals surface area contributed by atoms with Crippen molar-refractivity contribution in [3.05, 3.63) is 36.7 Å². The van der Waals surface area contributed by atoms with Crippen LogP contribution in [0.3, 0.4) is 0 Å². The zero-order valence-corrected chi connectivity index (χ0v) is 8.31. The van der Waals surface area contributed by atoms with Crippen molar-refractivity contribution in [1.29, 1.82) is 0 Å². The summed E-state index contributed by atoms with van der Waals surface area (Å²) >= 11 is 0. The molecule has 0 unspecified atom stereocenters. The fourth-order valence-corrected chi connectivity index (χ4v) is 1.90. The molecule has 1 atom stereocenters. The van der Waals surface area contributed by atoms with E-state index in [1.807, 2.05) is 18.5 Å². The van der Waals surface area contributed by atoms with E-state index in [0.29, 0.717) is 6.04 Å². The Morgan fingerprint density at radius 3 is 2.86 bits per heavy atom. The molecular weight excluding hydrogens is 176 g/mol. The van der Waals surface area contributed by atoms with Gasteiger partial charge >= 0.3 is 11.3 Å². The molecule has 2 rings (SSSR count). The molecule has 1 fully saturated rings. The van der Waals surface area contributed by atoms with Gasteiger partial charge in [0.1, 0.15) is 0 Å². The van der Waals surface area contributed by atoms with Gasteiger partial charge in [0, 0.05) is 18.4 Å². The maximum atomic E-state index is 7.50. The van der Waals surface area contributed by atoms with Crippen LogP contribution >= 0.6 is 0 Å². The Bertz CT molecular complexity index is 284. The first kappa shape index (κ1) is 10.9. The molecule has 0 spiro atoms. The van der Waals surface area contributed by atoms with Crippen molar-refractivity contribution in [2.75, 3.05) is 13.6 Å². The third kappa shape index (κ3) is 2.42. The Labute approximate surface area is 84.5 Å². The van der Waals surface area contributed by atoms with Gasteiger partial charge in [0.2, 0.25) is 0 Å². The summed E-state index contributed by atoms with van der Waals surface area (Å²) in [7, 11) is 2.19. The SMILES string of the molecule is CN1CCC[C@H]1c1cccnc1.[C-]#[O+]. The molecule has 3 heteroatoms. The molecule has 1 saturated heterocycles. The van der Waals surface area contributed by atoms with Crippen LogP contribution in [0.15, 0.2) is 24.5 Å². The van der Waals surface area contributed by atoms with Crippen molar-refractivity contribution in [3.63, 3.8) is 0 Å².